The summed E-state index contributed by atoms with van der Waals surface area (Å²) in [6.07, 6.45) is -18.8. The second kappa shape index (κ2) is 16.6. The Balaban J connectivity index is 2.42. The van der Waals surface area contributed by atoms with Gasteiger partial charge < -0.3 is 80.5 Å². The first kappa shape index (κ1) is 36.8. The third-order valence-electron chi connectivity index (χ3n) is 6.84. The molecule has 2 aliphatic heterocycles. The summed E-state index contributed by atoms with van der Waals surface area (Å²) in [5, 5.41) is 89.2. The van der Waals surface area contributed by atoms with Gasteiger partial charge in [-0.1, -0.05) is 0 Å². The summed E-state index contributed by atoms with van der Waals surface area (Å²) >= 11 is 0. The lowest BCUT2D eigenvalue weighted by Crippen LogP contribution is -2.70. The van der Waals surface area contributed by atoms with Crippen LogP contribution in [0.25, 0.3) is 0 Å². The van der Waals surface area contributed by atoms with Crippen LogP contribution in [0.1, 0.15) is 20.8 Å². The number of ether oxygens (including phenoxy) is 4. The summed E-state index contributed by atoms with van der Waals surface area (Å²) < 4.78 is 22.6. The zero-order valence-electron chi connectivity index (χ0n) is 23.6. The van der Waals surface area contributed by atoms with Crippen LogP contribution in [-0.2, 0) is 38.1 Å². The fourth-order valence-corrected chi connectivity index (χ4v) is 4.78. The topological polar surface area (TPSA) is 303 Å². The number of carbonyl (C=O) groups is 4. The van der Waals surface area contributed by atoms with E-state index < -0.39 is 123 Å². The molecule has 0 spiro atoms. The van der Waals surface area contributed by atoms with Gasteiger partial charge in [-0.25, -0.2) is 0 Å². The van der Waals surface area contributed by atoms with E-state index in [4.69, 9.17) is 18.9 Å². The van der Waals surface area contributed by atoms with E-state index >= 15 is 0 Å². The second-order valence-corrected chi connectivity index (χ2v) is 10.2. The predicted octanol–water partition coefficient (Wildman–Crippen LogP) is -7.30. The normalized spacial score (nSPS) is 35.6. The molecule has 2 heterocycles. The van der Waals surface area contributed by atoms with Crippen LogP contribution in [0.2, 0.25) is 0 Å². The maximum absolute atomic E-state index is 12.1. The van der Waals surface area contributed by atoms with Crippen LogP contribution in [-0.4, -0.2) is 170 Å². The van der Waals surface area contributed by atoms with Gasteiger partial charge in [0.2, 0.25) is 17.7 Å². The Kier molecular flexibility index (Phi) is 14.2. The quantitative estimate of drug-likeness (QED) is 0.0797. The van der Waals surface area contributed by atoms with Crippen molar-refractivity contribution < 1.29 is 79.0 Å². The Labute approximate surface area is 245 Å². The Hall–Kier alpha value is -2.40. The van der Waals surface area contributed by atoms with Crippen molar-refractivity contribution in [2.75, 3.05) is 19.8 Å². The number of aliphatic hydroxyl groups is 8. The standard InChI is InChI=1S/C24H41N3O16/c1-8(32)25-11(4-28)17(36)21(12(35)5-29)42-24-16(27-10(3)34)20(39)22(14(7-31)41-24)43-23-15(26-9(2)33)19(38)18(37)13(6-30)40-23/h4,11-24,29-31,35-39H,5-7H2,1-3H3,(H,25,32)(H,26,33)(H,27,34)/t11-,12+,13+,14+,15+,16+,17+,18+,19+,20+,21+,22+,23?,24?/m0/s1. The van der Waals surface area contributed by atoms with Crippen molar-refractivity contribution in [2.45, 2.75) is 106 Å². The third kappa shape index (κ3) is 9.30. The van der Waals surface area contributed by atoms with E-state index in [0.717, 1.165) is 20.8 Å². The summed E-state index contributed by atoms with van der Waals surface area (Å²) in [7, 11) is 0. The number of hydrogen-bond acceptors (Lipinski definition) is 16. The van der Waals surface area contributed by atoms with E-state index in [0.29, 0.717) is 0 Å². The molecule has 14 atom stereocenters. The number of rotatable bonds is 14. The molecule has 2 unspecified atom stereocenters. The first-order valence-corrected chi connectivity index (χ1v) is 13.3. The van der Waals surface area contributed by atoms with Gasteiger partial charge in [0.05, 0.1) is 19.8 Å². The summed E-state index contributed by atoms with van der Waals surface area (Å²) in [6, 6.07) is -4.66. The number of carbonyl (C=O) groups excluding carboxylic acids is 4. The summed E-state index contributed by atoms with van der Waals surface area (Å²) in [5.74, 6) is -2.13. The molecule has 0 aromatic carbocycles. The average Bonchev–Trinajstić information content (AvgIpc) is 2.95. The van der Waals surface area contributed by atoms with Crippen molar-refractivity contribution in [3.8, 4) is 0 Å². The van der Waals surface area contributed by atoms with Gasteiger partial charge in [0.1, 0.15) is 79.3 Å². The van der Waals surface area contributed by atoms with Gasteiger partial charge in [-0.15, -0.1) is 0 Å². The highest BCUT2D eigenvalue weighted by Crippen LogP contribution is 2.31. The largest absolute Gasteiger partial charge is 0.394 e. The zero-order chi connectivity index (χ0) is 32.6. The van der Waals surface area contributed by atoms with Crippen molar-refractivity contribution in [1.82, 2.24) is 16.0 Å². The monoisotopic (exact) mass is 627 g/mol. The van der Waals surface area contributed by atoms with Crippen molar-refractivity contribution in [3.05, 3.63) is 0 Å². The lowest BCUT2D eigenvalue weighted by atomic mass is 9.94. The van der Waals surface area contributed by atoms with Crippen molar-refractivity contribution >= 4 is 24.0 Å². The van der Waals surface area contributed by atoms with Crippen LogP contribution in [0.15, 0.2) is 0 Å². The molecule has 0 radical (unpaired) electrons. The van der Waals surface area contributed by atoms with Gasteiger partial charge >= 0.3 is 0 Å². The Morgan fingerprint density at radius 3 is 1.81 bits per heavy atom. The van der Waals surface area contributed by atoms with Gasteiger partial charge in [-0.3, -0.25) is 14.4 Å². The fraction of sp³-hybridized carbons (Fsp3) is 0.833. The van der Waals surface area contributed by atoms with Crippen molar-refractivity contribution in [1.29, 1.82) is 0 Å². The molecule has 0 bridgehead atoms. The summed E-state index contributed by atoms with van der Waals surface area (Å²) in [6.45, 7) is 0.540. The molecule has 0 aliphatic carbocycles. The molecule has 0 saturated carbocycles. The number of amides is 3. The molecular weight excluding hydrogens is 586 g/mol. The number of hydrogen-bond donors (Lipinski definition) is 11. The molecule has 3 amide bonds. The van der Waals surface area contributed by atoms with E-state index in [9.17, 15) is 60.0 Å². The predicted molar refractivity (Wildman–Crippen MR) is 137 cm³/mol. The number of nitrogens with one attached hydrogen (secondary N) is 3. The molecule has 248 valence electrons. The highest BCUT2D eigenvalue weighted by Gasteiger charge is 2.53. The molecule has 2 aliphatic rings. The van der Waals surface area contributed by atoms with E-state index in [-0.39, 0.29) is 6.29 Å². The lowest BCUT2D eigenvalue weighted by molar-refractivity contribution is -0.341. The average molecular weight is 628 g/mol. The van der Waals surface area contributed by atoms with Crippen molar-refractivity contribution in [3.63, 3.8) is 0 Å². The first-order valence-electron chi connectivity index (χ1n) is 13.3. The molecule has 43 heavy (non-hydrogen) atoms. The summed E-state index contributed by atoms with van der Waals surface area (Å²) in [4.78, 5) is 46.8. The van der Waals surface area contributed by atoms with Gasteiger partial charge in [0.15, 0.2) is 12.6 Å². The smallest absolute Gasteiger partial charge is 0.217 e. The zero-order valence-corrected chi connectivity index (χ0v) is 23.6. The maximum atomic E-state index is 12.1. The van der Waals surface area contributed by atoms with Gasteiger partial charge in [0, 0.05) is 20.8 Å². The Bertz CT molecular complexity index is 944. The highest BCUT2D eigenvalue weighted by atomic mass is 16.7. The van der Waals surface area contributed by atoms with E-state index in [1.54, 1.807) is 0 Å². The SMILES string of the molecule is CC(=O)N[C@@H](C=O)[C@@H](O)[C@H](OC1O[C@H](CO)[C@@H](OC2O[C@H](CO)[C@@H](O)[C@H](O)[C@H]2NC(C)=O)[C@H](O)[C@H]1NC(C)=O)[C@H](O)CO. The minimum atomic E-state index is -1.98. The van der Waals surface area contributed by atoms with E-state index in [1.807, 2.05) is 0 Å². The van der Waals surface area contributed by atoms with Gasteiger partial charge in [-0.05, 0) is 0 Å². The van der Waals surface area contributed by atoms with Crippen LogP contribution in [0.4, 0.5) is 0 Å². The number of aldehydes is 1. The molecule has 2 rings (SSSR count). The minimum Gasteiger partial charge on any atom is -0.394 e. The first-order chi connectivity index (χ1) is 20.2. The molecule has 19 nitrogen and oxygen atoms in total. The molecule has 0 aromatic heterocycles. The van der Waals surface area contributed by atoms with Crippen LogP contribution in [0.5, 0.6) is 0 Å². The van der Waals surface area contributed by atoms with Crippen LogP contribution in [0.3, 0.4) is 0 Å². The maximum Gasteiger partial charge on any atom is 0.217 e. The van der Waals surface area contributed by atoms with Crippen LogP contribution >= 0.6 is 0 Å². The third-order valence-corrected chi connectivity index (χ3v) is 6.84. The molecule has 11 N–H and O–H groups in total. The van der Waals surface area contributed by atoms with Crippen molar-refractivity contribution in [2.24, 2.45) is 0 Å². The van der Waals surface area contributed by atoms with Crippen LogP contribution < -0.4 is 16.0 Å². The fourth-order valence-electron chi connectivity index (χ4n) is 4.78. The molecular formula is C24H41N3O16. The van der Waals surface area contributed by atoms with Crippen LogP contribution in [0, 0.1) is 0 Å². The highest BCUT2D eigenvalue weighted by molar-refractivity contribution is 5.77. The summed E-state index contributed by atoms with van der Waals surface area (Å²) in [5.41, 5.74) is 0. The van der Waals surface area contributed by atoms with E-state index in [2.05, 4.69) is 16.0 Å². The molecule has 0 aromatic rings. The van der Waals surface area contributed by atoms with E-state index in [1.165, 1.54) is 0 Å². The lowest BCUT2D eigenvalue weighted by Gasteiger charge is -2.48. The Morgan fingerprint density at radius 2 is 1.35 bits per heavy atom. The van der Waals surface area contributed by atoms with Gasteiger partial charge in [-0.2, -0.15) is 0 Å². The Morgan fingerprint density at radius 1 is 0.814 bits per heavy atom. The molecule has 2 saturated heterocycles. The second-order valence-electron chi connectivity index (χ2n) is 10.2. The molecule has 19 heteroatoms. The number of aliphatic hydroxyl groups excluding tert-OH is 8. The molecule has 2 fully saturated rings. The van der Waals surface area contributed by atoms with Gasteiger partial charge in [0.25, 0.3) is 0 Å². The minimum absolute atomic E-state index is 0.148.